The van der Waals surface area contributed by atoms with E-state index in [-0.39, 0.29) is 11.3 Å². The maximum absolute atomic E-state index is 12.9. The molecule has 2 rings (SSSR count). The van der Waals surface area contributed by atoms with Gasteiger partial charge in [0.15, 0.2) is 0 Å². The predicted molar refractivity (Wildman–Crippen MR) is 103 cm³/mol. The Balaban J connectivity index is 2.33. The van der Waals surface area contributed by atoms with Gasteiger partial charge in [0.05, 0.1) is 0 Å². The van der Waals surface area contributed by atoms with Crippen LogP contribution >= 0.6 is 0 Å². The Morgan fingerprint density at radius 1 is 0.958 bits per heavy atom. The Kier molecular flexibility index (Phi) is 5.82. The van der Waals surface area contributed by atoms with E-state index in [9.17, 15) is 4.79 Å². The fourth-order valence-corrected chi connectivity index (χ4v) is 3.04. The van der Waals surface area contributed by atoms with Crippen molar-refractivity contribution in [1.82, 2.24) is 0 Å². The van der Waals surface area contributed by atoms with Gasteiger partial charge in [-0.1, -0.05) is 69.3 Å². The van der Waals surface area contributed by atoms with E-state index in [1.54, 1.807) is 0 Å². The Bertz CT molecular complexity index is 683. The van der Waals surface area contributed by atoms with Crippen molar-refractivity contribution in [2.24, 2.45) is 5.41 Å². The molecule has 0 aliphatic carbocycles. The third kappa shape index (κ3) is 4.25. The smallest absolute Gasteiger partial charge is 0.232 e. The maximum atomic E-state index is 12.9. The molecule has 2 nitrogen and oxygen atoms in total. The van der Waals surface area contributed by atoms with Gasteiger partial charge in [0.25, 0.3) is 0 Å². The van der Waals surface area contributed by atoms with Gasteiger partial charge in [-0.25, -0.2) is 0 Å². The molecular weight excluding hydrogens is 294 g/mol. The first-order valence-corrected chi connectivity index (χ1v) is 8.79. The minimum Gasteiger partial charge on any atom is -0.312 e. The van der Waals surface area contributed by atoms with E-state index in [2.05, 4.69) is 56.3 Å². The largest absolute Gasteiger partial charge is 0.312 e. The summed E-state index contributed by atoms with van der Waals surface area (Å²) in [4.78, 5) is 14.9. The number of amides is 1. The molecule has 0 atom stereocenters. The van der Waals surface area contributed by atoms with Crippen LogP contribution in [0.15, 0.2) is 48.5 Å². The Hall–Kier alpha value is -2.09. The van der Waals surface area contributed by atoms with Crippen LogP contribution in [0.4, 0.5) is 5.69 Å². The number of hydrogen-bond acceptors (Lipinski definition) is 1. The van der Waals surface area contributed by atoms with E-state index in [4.69, 9.17) is 0 Å². The SMILES string of the molecule is CCN(C(=O)C(C)(C)C)c1c(C)cccc1CCc1ccccc1. The molecule has 1 amide bonds. The molecule has 24 heavy (non-hydrogen) atoms. The van der Waals surface area contributed by atoms with Crippen LogP contribution in [0, 0.1) is 12.3 Å². The summed E-state index contributed by atoms with van der Waals surface area (Å²) >= 11 is 0. The van der Waals surface area contributed by atoms with Gasteiger partial charge in [0, 0.05) is 17.6 Å². The Morgan fingerprint density at radius 3 is 2.21 bits per heavy atom. The maximum Gasteiger partial charge on any atom is 0.232 e. The summed E-state index contributed by atoms with van der Waals surface area (Å²) in [6.07, 6.45) is 1.92. The average Bonchev–Trinajstić information content (AvgIpc) is 2.55. The monoisotopic (exact) mass is 323 g/mol. The van der Waals surface area contributed by atoms with Crippen LogP contribution in [0.3, 0.4) is 0 Å². The lowest BCUT2D eigenvalue weighted by atomic mass is 9.92. The quantitative estimate of drug-likeness (QED) is 0.742. The number of carbonyl (C=O) groups is 1. The molecule has 0 bridgehead atoms. The molecule has 2 heteroatoms. The third-order valence-electron chi connectivity index (χ3n) is 4.32. The van der Waals surface area contributed by atoms with Crippen LogP contribution < -0.4 is 4.90 Å². The number of aryl methyl sites for hydroxylation is 3. The highest BCUT2D eigenvalue weighted by Gasteiger charge is 2.29. The van der Waals surface area contributed by atoms with Crippen LogP contribution in [-0.4, -0.2) is 12.5 Å². The molecule has 2 aromatic carbocycles. The molecule has 0 N–H and O–H groups in total. The first-order chi connectivity index (χ1) is 11.3. The molecular formula is C22H29NO. The van der Waals surface area contributed by atoms with Crippen LogP contribution in [0.1, 0.15) is 44.4 Å². The zero-order valence-corrected chi connectivity index (χ0v) is 15.6. The standard InChI is InChI=1S/C22H29NO/c1-6-23(21(24)22(3,4)5)20-17(2)11-10-14-19(20)16-15-18-12-8-7-9-13-18/h7-14H,6,15-16H2,1-5H3. The summed E-state index contributed by atoms with van der Waals surface area (Å²) in [5.41, 5.74) is 4.46. The first kappa shape index (κ1) is 18.3. The van der Waals surface area contributed by atoms with E-state index >= 15 is 0 Å². The molecule has 0 heterocycles. The van der Waals surface area contributed by atoms with Crippen molar-refractivity contribution in [1.29, 1.82) is 0 Å². The summed E-state index contributed by atoms with van der Waals surface area (Å²) in [6.45, 7) is 10.8. The molecule has 0 fully saturated rings. The van der Waals surface area contributed by atoms with E-state index in [0.717, 1.165) is 18.5 Å². The van der Waals surface area contributed by atoms with E-state index in [1.165, 1.54) is 16.7 Å². The number of benzene rings is 2. The Labute approximate surface area is 146 Å². The molecule has 0 aromatic heterocycles. The summed E-state index contributed by atoms with van der Waals surface area (Å²) in [6, 6.07) is 16.9. The molecule has 0 saturated heterocycles. The van der Waals surface area contributed by atoms with Crippen LogP contribution in [0.2, 0.25) is 0 Å². The van der Waals surface area contributed by atoms with Crippen molar-refractivity contribution in [2.75, 3.05) is 11.4 Å². The highest BCUT2D eigenvalue weighted by atomic mass is 16.2. The summed E-state index contributed by atoms with van der Waals surface area (Å²) in [5, 5.41) is 0. The molecule has 0 aliphatic heterocycles. The van der Waals surface area contributed by atoms with E-state index in [1.807, 2.05) is 31.7 Å². The summed E-state index contributed by atoms with van der Waals surface area (Å²) < 4.78 is 0. The van der Waals surface area contributed by atoms with Crippen LogP contribution in [0.5, 0.6) is 0 Å². The van der Waals surface area contributed by atoms with Gasteiger partial charge in [-0.05, 0) is 43.4 Å². The summed E-state index contributed by atoms with van der Waals surface area (Å²) in [5.74, 6) is 0.181. The number of nitrogens with zero attached hydrogens (tertiary/aromatic N) is 1. The molecule has 2 aromatic rings. The molecule has 128 valence electrons. The second kappa shape index (κ2) is 7.65. The van der Waals surface area contributed by atoms with Gasteiger partial charge in [-0.15, -0.1) is 0 Å². The number of hydrogen-bond donors (Lipinski definition) is 0. The number of carbonyl (C=O) groups excluding carboxylic acids is 1. The average molecular weight is 323 g/mol. The van der Waals surface area contributed by atoms with Crippen molar-refractivity contribution >= 4 is 11.6 Å². The second-order valence-electron chi connectivity index (χ2n) is 7.37. The zero-order valence-electron chi connectivity index (χ0n) is 15.6. The molecule has 0 radical (unpaired) electrons. The van der Waals surface area contributed by atoms with Crippen LogP contribution in [0.25, 0.3) is 0 Å². The van der Waals surface area contributed by atoms with E-state index < -0.39 is 0 Å². The lowest BCUT2D eigenvalue weighted by molar-refractivity contribution is -0.125. The van der Waals surface area contributed by atoms with Crippen molar-refractivity contribution < 1.29 is 4.79 Å². The first-order valence-electron chi connectivity index (χ1n) is 8.79. The second-order valence-corrected chi connectivity index (χ2v) is 7.37. The van der Waals surface area contributed by atoms with Gasteiger partial charge < -0.3 is 4.90 Å². The predicted octanol–water partition coefficient (Wildman–Crippen LogP) is 5.18. The Morgan fingerprint density at radius 2 is 1.62 bits per heavy atom. The zero-order chi connectivity index (χ0) is 17.7. The van der Waals surface area contributed by atoms with Gasteiger partial charge >= 0.3 is 0 Å². The molecule has 0 aliphatic rings. The highest BCUT2D eigenvalue weighted by Crippen LogP contribution is 2.30. The minimum absolute atomic E-state index is 0.181. The lowest BCUT2D eigenvalue weighted by Crippen LogP contribution is -2.40. The number of rotatable bonds is 5. The van der Waals surface area contributed by atoms with Gasteiger partial charge in [0.2, 0.25) is 5.91 Å². The van der Waals surface area contributed by atoms with Crippen molar-refractivity contribution in [3.63, 3.8) is 0 Å². The molecule has 0 saturated carbocycles. The number of para-hydroxylation sites is 1. The normalized spacial score (nSPS) is 11.4. The lowest BCUT2D eigenvalue weighted by Gasteiger charge is -2.31. The van der Waals surface area contributed by atoms with Gasteiger partial charge in [-0.3, -0.25) is 4.79 Å². The minimum atomic E-state index is -0.380. The van der Waals surface area contributed by atoms with Crippen molar-refractivity contribution in [2.45, 2.75) is 47.5 Å². The van der Waals surface area contributed by atoms with Crippen molar-refractivity contribution in [3.8, 4) is 0 Å². The van der Waals surface area contributed by atoms with Crippen molar-refractivity contribution in [3.05, 3.63) is 65.2 Å². The number of anilines is 1. The topological polar surface area (TPSA) is 20.3 Å². The van der Waals surface area contributed by atoms with Gasteiger partial charge in [0.1, 0.15) is 0 Å². The van der Waals surface area contributed by atoms with Crippen LogP contribution in [-0.2, 0) is 17.6 Å². The summed E-state index contributed by atoms with van der Waals surface area (Å²) in [7, 11) is 0. The third-order valence-corrected chi connectivity index (χ3v) is 4.32. The fourth-order valence-electron chi connectivity index (χ4n) is 3.04. The molecule has 0 unspecified atom stereocenters. The highest BCUT2D eigenvalue weighted by molar-refractivity contribution is 5.98. The molecule has 0 spiro atoms. The van der Waals surface area contributed by atoms with E-state index in [0.29, 0.717) is 6.54 Å². The fraction of sp³-hybridized carbons (Fsp3) is 0.409. The van der Waals surface area contributed by atoms with Gasteiger partial charge in [-0.2, -0.15) is 0 Å².